The van der Waals surface area contributed by atoms with Gasteiger partial charge in [0.15, 0.2) is 0 Å². The van der Waals surface area contributed by atoms with Crippen LogP contribution in [0.1, 0.15) is 32.3 Å². The number of aromatic amines is 1. The van der Waals surface area contributed by atoms with Crippen molar-refractivity contribution in [2.24, 2.45) is 11.7 Å². The van der Waals surface area contributed by atoms with Gasteiger partial charge in [-0.2, -0.15) is 11.8 Å². The molecule has 0 saturated heterocycles. The lowest BCUT2D eigenvalue weighted by Gasteiger charge is -2.25. The van der Waals surface area contributed by atoms with Gasteiger partial charge in [-0.3, -0.25) is 19.2 Å². The summed E-state index contributed by atoms with van der Waals surface area (Å²) in [4.78, 5) is 52.4. The topological polar surface area (TPSA) is 166 Å². The summed E-state index contributed by atoms with van der Waals surface area (Å²) in [5.41, 5.74) is 8.03. The number of amides is 3. The summed E-state index contributed by atoms with van der Waals surface area (Å²) in [5, 5.41) is 17.5. The number of nitrogens with two attached hydrogens (primary N) is 1. The lowest BCUT2D eigenvalue weighted by Crippen LogP contribution is -2.56. The van der Waals surface area contributed by atoms with Crippen LogP contribution >= 0.6 is 11.8 Å². The average Bonchev–Trinajstić information content (AvgIpc) is 3.21. The van der Waals surface area contributed by atoms with Crippen LogP contribution in [-0.4, -0.2) is 70.5 Å². The number of carbonyl (C=O) groups excluding carboxylic acids is 3. The molecule has 0 aliphatic heterocycles. The van der Waals surface area contributed by atoms with Crippen LogP contribution in [0.25, 0.3) is 10.9 Å². The van der Waals surface area contributed by atoms with Crippen LogP contribution in [0.15, 0.2) is 30.5 Å². The van der Waals surface area contributed by atoms with Crippen LogP contribution in [-0.2, 0) is 25.6 Å². The smallest absolute Gasteiger partial charge is 0.322 e. The number of aliphatic carboxylic acids is 1. The second-order valence-corrected chi connectivity index (χ2v) is 9.80. The third-order valence-corrected chi connectivity index (χ3v) is 6.09. The number of benzene rings is 1. The molecule has 0 fully saturated rings. The number of H-pyrrole nitrogens is 1. The highest BCUT2D eigenvalue weighted by molar-refractivity contribution is 7.98. The normalized spacial score (nSPS) is 13.7. The molecule has 11 heteroatoms. The molecular weight excluding hydrogens is 470 g/mol. The van der Waals surface area contributed by atoms with Crippen molar-refractivity contribution in [3.8, 4) is 0 Å². The van der Waals surface area contributed by atoms with Crippen molar-refractivity contribution in [2.75, 3.05) is 18.6 Å². The first-order valence-electron chi connectivity index (χ1n) is 11.5. The van der Waals surface area contributed by atoms with E-state index in [9.17, 15) is 19.2 Å². The fourth-order valence-electron chi connectivity index (χ4n) is 3.67. The van der Waals surface area contributed by atoms with Gasteiger partial charge >= 0.3 is 5.97 Å². The standard InChI is InChI=1S/C24H35N5O5S/c1-14(2)10-20(24(34)28-19(8-9-35-3)23(33)27-13-21(30)31)29-22(32)17(25)11-15-12-26-18-7-5-4-6-16(15)18/h4-7,12,14,17,19-20,26H,8-11,13,25H2,1-3H3,(H,27,33)(H,28,34)(H,29,32)(H,30,31). The number of nitrogens with one attached hydrogen (secondary N) is 4. The Morgan fingerprint density at radius 2 is 1.74 bits per heavy atom. The highest BCUT2D eigenvalue weighted by Crippen LogP contribution is 2.19. The molecular formula is C24H35N5O5S. The quantitative estimate of drug-likeness (QED) is 0.223. The van der Waals surface area contributed by atoms with Gasteiger partial charge in [-0.1, -0.05) is 32.0 Å². The van der Waals surface area contributed by atoms with Crippen LogP contribution in [0.4, 0.5) is 0 Å². The second kappa shape index (κ2) is 13.7. The fourth-order valence-corrected chi connectivity index (χ4v) is 4.15. The van der Waals surface area contributed by atoms with Gasteiger partial charge in [-0.05, 0) is 48.8 Å². The Morgan fingerprint density at radius 3 is 2.40 bits per heavy atom. The maximum atomic E-state index is 13.1. The molecule has 7 N–H and O–H groups in total. The van der Waals surface area contributed by atoms with Crippen LogP contribution < -0.4 is 21.7 Å². The van der Waals surface area contributed by atoms with Crippen LogP contribution in [0.2, 0.25) is 0 Å². The number of fused-ring (bicyclic) bond motifs is 1. The Bertz CT molecular complexity index is 1020. The Balaban J connectivity index is 2.07. The highest BCUT2D eigenvalue weighted by atomic mass is 32.2. The van der Waals surface area contributed by atoms with Crippen molar-refractivity contribution in [2.45, 2.75) is 51.2 Å². The zero-order valence-corrected chi connectivity index (χ0v) is 21.1. The zero-order chi connectivity index (χ0) is 26.0. The predicted octanol–water partition coefficient (Wildman–Crippen LogP) is 1.01. The van der Waals surface area contributed by atoms with Gasteiger partial charge in [0.25, 0.3) is 0 Å². The van der Waals surface area contributed by atoms with E-state index >= 15 is 0 Å². The third kappa shape index (κ3) is 8.91. The third-order valence-electron chi connectivity index (χ3n) is 5.45. The van der Waals surface area contributed by atoms with Gasteiger partial charge in [0.1, 0.15) is 18.6 Å². The number of carboxylic acid groups (broad SMARTS) is 1. The van der Waals surface area contributed by atoms with Gasteiger partial charge in [0.05, 0.1) is 6.04 Å². The zero-order valence-electron chi connectivity index (χ0n) is 20.3. The Hall–Kier alpha value is -3.05. The van der Waals surface area contributed by atoms with E-state index in [4.69, 9.17) is 10.8 Å². The van der Waals surface area contributed by atoms with Crippen molar-refractivity contribution in [3.63, 3.8) is 0 Å². The van der Waals surface area contributed by atoms with Crippen LogP contribution in [0, 0.1) is 5.92 Å². The maximum Gasteiger partial charge on any atom is 0.322 e. The van der Waals surface area contributed by atoms with E-state index in [1.54, 1.807) is 0 Å². The highest BCUT2D eigenvalue weighted by Gasteiger charge is 2.29. The SMILES string of the molecule is CSCCC(NC(=O)C(CC(C)C)NC(=O)C(N)Cc1c[nH]c2ccccc12)C(=O)NCC(=O)O. The van der Waals surface area contributed by atoms with Crippen molar-refractivity contribution in [1.29, 1.82) is 0 Å². The molecule has 3 unspecified atom stereocenters. The van der Waals surface area contributed by atoms with Crippen molar-refractivity contribution < 1.29 is 24.3 Å². The summed E-state index contributed by atoms with van der Waals surface area (Å²) < 4.78 is 0. The molecule has 3 amide bonds. The molecule has 0 aliphatic carbocycles. The molecule has 1 heterocycles. The van der Waals surface area contributed by atoms with Gasteiger partial charge in [-0.15, -0.1) is 0 Å². The molecule has 0 spiro atoms. The predicted molar refractivity (Wildman–Crippen MR) is 137 cm³/mol. The lowest BCUT2D eigenvalue weighted by atomic mass is 10.0. The fraction of sp³-hybridized carbons (Fsp3) is 0.500. The number of hydrogen-bond acceptors (Lipinski definition) is 6. The Labute approximate surface area is 209 Å². The van der Waals surface area contributed by atoms with E-state index in [0.717, 1.165) is 16.5 Å². The van der Waals surface area contributed by atoms with Crippen molar-refractivity contribution in [1.82, 2.24) is 20.9 Å². The molecule has 2 aromatic rings. The summed E-state index contributed by atoms with van der Waals surface area (Å²) in [5.74, 6) is -2.07. The summed E-state index contributed by atoms with van der Waals surface area (Å²) in [6.45, 7) is 3.30. The number of carbonyl (C=O) groups is 4. The molecule has 0 radical (unpaired) electrons. The number of aromatic nitrogens is 1. The largest absolute Gasteiger partial charge is 0.480 e. The van der Waals surface area contributed by atoms with Crippen molar-refractivity contribution in [3.05, 3.63) is 36.0 Å². The first-order valence-corrected chi connectivity index (χ1v) is 12.9. The minimum absolute atomic E-state index is 0.0846. The summed E-state index contributed by atoms with van der Waals surface area (Å²) in [6.07, 6.45) is 4.65. The number of para-hydroxylation sites is 1. The molecule has 0 bridgehead atoms. The molecule has 0 saturated carbocycles. The van der Waals surface area contributed by atoms with Gasteiger partial charge < -0.3 is 31.8 Å². The minimum Gasteiger partial charge on any atom is -0.480 e. The van der Waals surface area contributed by atoms with E-state index in [2.05, 4.69) is 20.9 Å². The molecule has 3 atom stereocenters. The van der Waals surface area contributed by atoms with Gasteiger partial charge in [0.2, 0.25) is 17.7 Å². The van der Waals surface area contributed by atoms with Gasteiger partial charge in [0, 0.05) is 17.1 Å². The molecule has 0 aliphatic rings. The van der Waals surface area contributed by atoms with E-state index in [1.165, 1.54) is 11.8 Å². The Morgan fingerprint density at radius 1 is 1.06 bits per heavy atom. The molecule has 35 heavy (non-hydrogen) atoms. The van der Waals surface area contributed by atoms with Crippen molar-refractivity contribution >= 4 is 46.4 Å². The molecule has 1 aromatic heterocycles. The number of hydrogen-bond donors (Lipinski definition) is 6. The van der Waals surface area contributed by atoms with Crippen LogP contribution in [0.3, 0.4) is 0 Å². The summed E-state index contributed by atoms with van der Waals surface area (Å²) in [6, 6.07) is 5.04. The van der Waals surface area contributed by atoms with E-state index in [-0.39, 0.29) is 5.92 Å². The first-order chi connectivity index (χ1) is 16.6. The average molecular weight is 506 g/mol. The molecule has 192 valence electrons. The molecule has 10 nitrogen and oxygen atoms in total. The monoisotopic (exact) mass is 505 g/mol. The van der Waals surface area contributed by atoms with Crippen LogP contribution in [0.5, 0.6) is 0 Å². The number of thioether (sulfide) groups is 1. The molecule has 1 aromatic carbocycles. The minimum atomic E-state index is -1.18. The number of rotatable bonds is 14. The van der Waals surface area contributed by atoms with E-state index in [0.29, 0.717) is 25.0 Å². The summed E-state index contributed by atoms with van der Waals surface area (Å²) >= 11 is 1.50. The maximum absolute atomic E-state index is 13.1. The molecule has 2 rings (SSSR count). The number of carboxylic acids is 1. The van der Waals surface area contributed by atoms with E-state index < -0.39 is 48.4 Å². The van der Waals surface area contributed by atoms with Gasteiger partial charge in [-0.25, -0.2) is 0 Å². The lowest BCUT2D eigenvalue weighted by molar-refractivity contribution is -0.138. The summed E-state index contributed by atoms with van der Waals surface area (Å²) in [7, 11) is 0. The first kappa shape index (κ1) is 28.2. The Kier molecular flexibility index (Phi) is 11.1. The van der Waals surface area contributed by atoms with E-state index in [1.807, 2.05) is 50.6 Å². The second-order valence-electron chi connectivity index (χ2n) is 8.82.